The Morgan fingerprint density at radius 1 is 0.552 bits per heavy atom. The average Bonchev–Trinajstić information content (AvgIpc) is 2.69. The molecule has 3 aromatic rings. The van der Waals surface area contributed by atoms with E-state index in [2.05, 4.69) is 27.7 Å². The molecular formula is C24H27O4P. The molecule has 0 bridgehead atoms. The number of hydrogen-bond donors (Lipinski definition) is 0. The molecule has 0 amide bonds. The fourth-order valence-corrected chi connectivity index (χ4v) is 4.00. The maximum atomic E-state index is 13.5. The van der Waals surface area contributed by atoms with Crippen LogP contribution in [0.4, 0.5) is 0 Å². The predicted octanol–water partition coefficient (Wildman–Crippen LogP) is 7.58. The Hall–Kier alpha value is -2.71. The summed E-state index contributed by atoms with van der Waals surface area (Å²) >= 11 is 0. The standard InChI is InChI=1S/C24H27O4P/c1-18(2)20-10-14-23(15-11-20)27-29(25,26-22-8-6-5-7-9-22)28-24-16-12-21(13-17-24)19(3)4/h5-19H,1-4H3. The highest BCUT2D eigenvalue weighted by atomic mass is 31.2. The Morgan fingerprint density at radius 2 is 0.897 bits per heavy atom. The first-order chi connectivity index (χ1) is 13.8. The largest absolute Gasteiger partial charge is 0.647 e. The van der Waals surface area contributed by atoms with Gasteiger partial charge in [-0.15, -0.1) is 0 Å². The molecule has 3 aromatic carbocycles. The monoisotopic (exact) mass is 410 g/mol. The third-order valence-electron chi connectivity index (χ3n) is 4.49. The second-order valence-corrected chi connectivity index (χ2v) is 8.92. The van der Waals surface area contributed by atoms with Gasteiger partial charge in [-0.05, 0) is 59.4 Å². The molecule has 0 saturated carbocycles. The fraction of sp³-hybridized carbons (Fsp3) is 0.250. The van der Waals surface area contributed by atoms with E-state index >= 15 is 0 Å². The Labute approximate surface area is 173 Å². The minimum absolute atomic E-state index is 0.396. The summed E-state index contributed by atoms with van der Waals surface area (Å²) in [7, 11) is -3.96. The van der Waals surface area contributed by atoms with Gasteiger partial charge in [-0.3, -0.25) is 0 Å². The summed E-state index contributed by atoms with van der Waals surface area (Å²) in [6.45, 7) is 8.46. The molecule has 0 radical (unpaired) electrons. The Morgan fingerprint density at radius 3 is 1.24 bits per heavy atom. The molecule has 152 valence electrons. The van der Waals surface area contributed by atoms with Crippen LogP contribution >= 0.6 is 7.82 Å². The van der Waals surface area contributed by atoms with Gasteiger partial charge >= 0.3 is 7.82 Å². The van der Waals surface area contributed by atoms with Crippen LogP contribution in [0.3, 0.4) is 0 Å². The lowest BCUT2D eigenvalue weighted by atomic mass is 10.0. The minimum Gasteiger partial charge on any atom is -0.386 e. The van der Waals surface area contributed by atoms with Gasteiger partial charge in [-0.1, -0.05) is 70.2 Å². The maximum Gasteiger partial charge on any atom is 0.647 e. The van der Waals surface area contributed by atoms with E-state index in [1.54, 1.807) is 48.5 Å². The minimum atomic E-state index is -3.96. The average molecular weight is 410 g/mol. The summed E-state index contributed by atoms with van der Waals surface area (Å²) in [5.41, 5.74) is 2.34. The van der Waals surface area contributed by atoms with Crippen LogP contribution in [0.2, 0.25) is 0 Å². The zero-order valence-electron chi connectivity index (χ0n) is 17.2. The highest BCUT2D eigenvalue weighted by Crippen LogP contribution is 2.49. The molecule has 0 aliphatic rings. The second kappa shape index (κ2) is 9.19. The van der Waals surface area contributed by atoms with Crippen molar-refractivity contribution in [3.05, 3.63) is 90.0 Å². The SMILES string of the molecule is CC(C)c1ccc(OP(=O)(Oc2ccccc2)Oc2ccc(C(C)C)cc2)cc1. The molecule has 0 heterocycles. The summed E-state index contributed by atoms with van der Waals surface area (Å²) < 4.78 is 30.6. The molecule has 0 saturated heterocycles. The first-order valence-corrected chi connectivity index (χ1v) is 11.2. The Bertz CT molecular complexity index is 891. The zero-order chi connectivity index (χ0) is 20.9. The molecular weight excluding hydrogens is 383 g/mol. The Balaban J connectivity index is 1.85. The van der Waals surface area contributed by atoms with Crippen LogP contribution in [0.5, 0.6) is 17.2 Å². The molecule has 29 heavy (non-hydrogen) atoms. The summed E-state index contributed by atoms with van der Waals surface area (Å²) in [6, 6.07) is 23.8. The molecule has 0 atom stereocenters. The number of hydrogen-bond acceptors (Lipinski definition) is 4. The predicted molar refractivity (Wildman–Crippen MR) is 117 cm³/mol. The van der Waals surface area contributed by atoms with Crippen molar-refractivity contribution in [2.45, 2.75) is 39.5 Å². The molecule has 0 spiro atoms. The number of phosphoric acid groups is 1. The van der Waals surface area contributed by atoms with E-state index in [1.807, 2.05) is 30.3 Å². The van der Waals surface area contributed by atoms with Crippen molar-refractivity contribution in [1.29, 1.82) is 0 Å². The van der Waals surface area contributed by atoms with Gasteiger partial charge in [0.2, 0.25) is 0 Å². The first kappa shape index (κ1) is 21.0. The molecule has 0 unspecified atom stereocenters. The number of para-hydroxylation sites is 1. The highest BCUT2D eigenvalue weighted by molar-refractivity contribution is 7.49. The number of rotatable bonds is 8. The van der Waals surface area contributed by atoms with Crippen molar-refractivity contribution >= 4 is 7.82 Å². The third kappa shape index (κ3) is 5.88. The van der Waals surface area contributed by atoms with Gasteiger partial charge in [-0.25, -0.2) is 0 Å². The molecule has 0 fully saturated rings. The quantitative estimate of drug-likeness (QED) is 0.359. The third-order valence-corrected chi connectivity index (χ3v) is 5.79. The molecule has 5 heteroatoms. The van der Waals surface area contributed by atoms with Gasteiger partial charge in [-0.2, -0.15) is 4.57 Å². The van der Waals surface area contributed by atoms with Crippen LogP contribution < -0.4 is 13.6 Å². The van der Waals surface area contributed by atoms with Gasteiger partial charge in [0.15, 0.2) is 0 Å². The van der Waals surface area contributed by atoms with Crippen molar-refractivity contribution < 1.29 is 18.1 Å². The van der Waals surface area contributed by atoms with E-state index < -0.39 is 7.82 Å². The molecule has 4 nitrogen and oxygen atoms in total. The zero-order valence-corrected chi connectivity index (χ0v) is 18.1. The van der Waals surface area contributed by atoms with Crippen molar-refractivity contribution in [3.63, 3.8) is 0 Å². The summed E-state index contributed by atoms with van der Waals surface area (Å²) in [5.74, 6) is 2.05. The summed E-state index contributed by atoms with van der Waals surface area (Å²) in [4.78, 5) is 0. The molecule has 0 aliphatic carbocycles. The molecule has 0 aliphatic heterocycles. The highest BCUT2D eigenvalue weighted by Gasteiger charge is 2.33. The van der Waals surface area contributed by atoms with Crippen molar-refractivity contribution in [3.8, 4) is 17.2 Å². The molecule has 0 N–H and O–H groups in total. The topological polar surface area (TPSA) is 44.8 Å². The summed E-state index contributed by atoms with van der Waals surface area (Å²) in [6.07, 6.45) is 0. The van der Waals surface area contributed by atoms with Gasteiger partial charge in [0.25, 0.3) is 0 Å². The lowest BCUT2D eigenvalue weighted by Crippen LogP contribution is -2.07. The van der Waals surface area contributed by atoms with E-state index in [9.17, 15) is 4.57 Å². The van der Waals surface area contributed by atoms with Gasteiger partial charge in [0.1, 0.15) is 17.2 Å². The van der Waals surface area contributed by atoms with Crippen LogP contribution in [0.15, 0.2) is 78.9 Å². The Kier molecular flexibility index (Phi) is 6.66. The number of phosphoric ester groups is 1. The van der Waals surface area contributed by atoms with Crippen molar-refractivity contribution in [1.82, 2.24) is 0 Å². The molecule has 3 rings (SSSR count). The lowest BCUT2D eigenvalue weighted by molar-refractivity contribution is 0.298. The normalized spacial score (nSPS) is 11.5. The van der Waals surface area contributed by atoms with Gasteiger partial charge in [0.05, 0.1) is 0 Å². The molecule has 0 aromatic heterocycles. The van der Waals surface area contributed by atoms with Gasteiger partial charge < -0.3 is 13.6 Å². The van der Waals surface area contributed by atoms with Gasteiger partial charge in [0, 0.05) is 0 Å². The smallest absolute Gasteiger partial charge is 0.386 e. The van der Waals surface area contributed by atoms with E-state index in [0.717, 1.165) is 0 Å². The lowest BCUT2D eigenvalue weighted by Gasteiger charge is -2.20. The second-order valence-electron chi connectivity index (χ2n) is 7.48. The van der Waals surface area contributed by atoms with E-state index in [4.69, 9.17) is 13.6 Å². The fourth-order valence-electron chi connectivity index (χ4n) is 2.75. The maximum absolute atomic E-state index is 13.5. The first-order valence-electron chi connectivity index (χ1n) is 9.78. The van der Waals surface area contributed by atoms with E-state index in [1.165, 1.54) is 11.1 Å². The van der Waals surface area contributed by atoms with Crippen molar-refractivity contribution in [2.75, 3.05) is 0 Å². The van der Waals surface area contributed by atoms with E-state index in [-0.39, 0.29) is 0 Å². The van der Waals surface area contributed by atoms with Crippen LogP contribution in [-0.4, -0.2) is 0 Å². The van der Waals surface area contributed by atoms with Crippen LogP contribution in [-0.2, 0) is 4.57 Å². The van der Waals surface area contributed by atoms with Crippen LogP contribution in [0, 0.1) is 0 Å². The summed E-state index contributed by atoms with van der Waals surface area (Å²) in [5, 5.41) is 0. The number of benzene rings is 3. The van der Waals surface area contributed by atoms with Crippen LogP contribution in [0.1, 0.15) is 50.7 Å². The van der Waals surface area contributed by atoms with Crippen molar-refractivity contribution in [2.24, 2.45) is 0 Å². The van der Waals surface area contributed by atoms with Crippen LogP contribution in [0.25, 0.3) is 0 Å². The van der Waals surface area contributed by atoms with E-state index in [0.29, 0.717) is 29.1 Å².